The first kappa shape index (κ1) is 19.3. The topological polar surface area (TPSA) is 64.9 Å². The molecule has 1 amide bonds. The van der Waals surface area contributed by atoms with E-state index in [1.165, 1.54) is 6.20 Å². The molecule has 0 heterocycles. The summed E-state index contributed by atoms with van der Waals surface area (Å²) < 4.78 is 0. The number of anilines is 2. The van der Waals surface area contributed by atoms with E-state index in [1.807, 2.05) is 63.2 Å². The third-order valence-corrected chi connectivity index (χ3v) is 4.24. The van der Waals surface area contributed by atoms with Gasteiger partial charge >= 0.3 is 0 Å². The molecule has 26 heavy (non-hydrogen) atoms. The van der Waals surface area contributed by atoms with E-state index in [0.717, 1.165) is 33.6 Å². The van der Waals surface area contributed by atoms with E-state index in [9.17, 15) is 10.1 Å². The minimum absolute atomic E-state index is 0.0305. The summed E-state index contributed by atoms with van der Waals surface area (Å²) in [6, 6.07) is 13.9. The Morgan fingerprint density at radius 3 is 2.31 bits per heavy atom. The lowest BCUT2D eigenvalue weighted by atomic mass is 10.0. The van der Waals surface area contributed by atoms with Crippen molar-refractivity contribution < 1.29 is 4.79 Å². The lowest BCUT2D eigenvalue weighted by Gasteiger charge is -2.14. The van der Waals surface area contributed by atoms with E-state index < -0.39 is 5.91 Å². The van der Waals surface area contributed by atoms with Gasteiger partial charge in [0.2, 0.25) is 0 Å². The fraction of sp³-hybridized carbons (Fsp3) is 0.273. The average Bonchev–Trinajstić information content (AvgIpc) is 2.58. The molecule has 0 unspecified atom stereocenters. The van der Waals surface area contributed by atoms with Crippen LogP contribution < -0.4 is 10.6 Å². The lowest BCUT2D eigenvalue weighted by molar-refractivity contribution is -0.112. The zero-order chi connectivity index (χ0) is 19.3. The molecule has 0 fully saturated rings. The summed E-state index contributed by atoms with van der Waals surface area (Å²) in [5, 5.41) is 15.4. The van der Waals surface area contributed by atoms with Crippen LogP contribution in [0.3, 0.4) is 0 Å². The van der Waals surface area contributed by atoms with Crippen molar-refractivity contribution in [3.63, 3.8) is 0 Å². The Labute approximate surface area is 155 Å². The van der Waals surface area contributed by atoms with Gasteiger partial charge in [0.05, 0.1) is 0 Å². The van der Waals surface area contributed by atoms with Gasteiger partial charge in [-0.25, -0.2) is 0 Å². The molecule has 0 atom stereocenters. The highest BCUT2D eigenvalue weighted by Gasteiger charge is 2.13. The molecule has 2 aromatic carbocycles. The zero-order valence-electron chi connectivity index (χ0n) is 16.0. The maximum Gasteiger partial charge on any atom is 0.267 e. The Balaban J connectivity index is 2.23. The van der Waals surface area contributed by atoms with E-state index in [4.69, 9.17) is 0 Å². The van der Waals surface area contributed by atoms with Gasteiger partial charge in [0, 0.05) is 17.6 Å². The molecule has 0 aliphatic carbocycles. The first-order valence-corrected chi connectivity index (χ1v) is 8.68. The molecule has 0 bridgehead atoms. The maximum absolute atomic E-state index is 12.5. The number of para-hydroxylation sites is 1. The molecule has 4 heteroatoms. The second-order valence-corrected chi connectivity index (χ2v) is 6.78. The van der Waals surface area contributed by atoms with Crippen LogP contribution in [0.4, 0.5) is 11.4 Å². The van der Waals surface area contributed by atoms with Crippen molar-refractivity contribution in [2.75, 3.05) is 10.6 Å². The highest BCUT2D eigenvalue weighted by atomic mass is 16.1. The van der Waals surface area contributed by atoms with Crippen LogP contribution in [0.1, 0.15) is 42.0 Å². The highest BCUT2D eigenvalue weighted by molar-refractivity contribution is 6.07. The van der Waals surface area contributed by atoms with Gasteiger partial charge in [-0.05, 0) is 49.4 Å². The molecule has 2 rings (SSSR count). The van der Waals surface area contributed by atoms with Gasteiger partial charge in [0.1, 0.15) is 11.6 Å². The smallest absolute Gasteiger partial charge is 0.267 e. The van der Waals surface area contributed by atoms with Gasteiger partial charge in [-0.15, -0.1) is 0 Å². The molecule has 0 radical (unpaired) electrons. The van der Waals surface area contributed by atoms with Gasteiger partial charge in [0.25, 0.3) is 5.91 Å². The summed E-state index contributed by atoms with van der Waals surface area (Å²) >= 11 is 0. The molecule has 0 aliphatic rings. The van der Waals surface area contributed by atoms with Crippen LogP contribution in [-0.2, 0) is 4.79 Å². The number of hydrogen-bond donors (Lipinski definition) is 2. The van der Waals surface area contributed by atoms with E-state index in [2.05, 4.69) is 24.5 Å². The van der Waals surface area contributed by atoms with Gasteiger partial charge in [-0.3, -0.25) is 4.79 Å². The van der Waals surface area contributed by atoms with E-state index in [-0.39, 0.29) is 5.57 Å². The van der Waals surface area contributed by atoms with Crippen LogP contribution in [0.5, 0.6) is 0 Å². The largest absolute Gasteiger partial charge is 0.360 e. The predicted octanol–water partition coefficient (Wildman–Crippen LogP) is 5.19. The first-order chi connectivity index (χ1) is 12.3. The minimum Gasteiger partial charge on any atom is -0.360 e. The molecular formula is C22H25N3O. The number of hydrogen-bond acceptors (Lipinski definition) is 3. The standard InChI is InChI=1S/C22H25N3O/c1-14(2)19-8-6-7-9-20(19)24-13-18(12-23)22(26)25-21-16(4)10-15(3)11-17(21)5/h6-11,13-14,24H,1-5H3,(H,25,26)/b18-13-. The van der Waals surface area contributed by atoms with E-state index >= 15 is 0 Å². The molecule has 4 nitrogen and oxygen atoms in total. The van der Waals surface area contributed by atoms with Crippen LogP contribution in [-0.4, -0.2) is 5.91 Å². The second kappa shape index (κ2) is 8.35. The van der Waals surface area contributed by atoms with Crippen molar-refractivity contribution >= 4 is 17.3 Å². The summed E-state index contributed by atoms with van der Waals surface area (Å²) in [5.41, 5.74) is 5.91. The molecule has 0 saturated heterocycles. The Hall–Kier alpha value is -3.06. The number of amides is 1. The molecule has 2 N–H and O–H groups in total. The molecule has 0 aromatic heterocycles. The number of carbonyl (C=O) groups is 1. The second-order valence-electron chi connectivity index (χ2n) is 6.78. The molecule has 0 saturated carbocycles. The SMILES string of the molecule is Cc1cc(C)c(NC(=O)/C(C#N)=C\Nc2ccccc2C(C)C)c(C)c1. The monoisotopic (exact) mass is 347 g/mol. The molecule has 0 aliphatic heterocycles. The highest BCUT2D eigenvalue weighted by Crippen LogP contribution is 2.24. The Kier molecular flexibility index (Phi) is 6.19. The van der Waals surface area contributed by atoms with Crippen LogP contribution >= 0.6 is 0 Å². The number of aryl methyl sites for hydroxylation is 3. The zero-order valence-corrected chi connectivity index (χ0v) is 16.0. The van der Waals surface area contributed by atoms with Crippen LogP contribution in [0.25, 0.3) is 0 Å². The molecule has 2 aromatic rings. The van der Waals surface area contributed by atoms with Crippen LogP contribution in [0.2, 0.25) is 0 Å². The van der Waals surface area contributed by atoms with E-state index in [1.54, 1.807) is 0 Å². The number of nitriles is 1. The Morgan fingerprint density at radius 2 is 1.73 bits per heavy atom. The summed E-state index contributed by atoms with van der Waals surface area (Å²) in [4.78, 5) is 12.5. The number of carbonyl (C=O) groups excluding carboxylic acids is 1. The number of nitrogens with zero attached hydrogens (tertiary/aromatic N) is 1. The van der Waals surface area contributed by atoms with Crippen molar-refractivity contribution in [2.45, 2.75) is 40.5 Å². The van der Waals surface area contributed by atoms with E-state index in [0.29, 0.717) is 5.92 Å². The molecule has 134 valence electrons. The number of nitrogens with one attached hydrogen (secondary N) is 2. The number of benzene rings is 2. The number of rotatable bonds is 5. The minimum atomic E-state index is -0.419. The van der Waals surface area contributed by atoms with Gasteiger partial charge in [0.15, 0.2) is 0 Å². The fourth-order valence-electron chi connectivity index (χ4n) is 2.99. The van der Waals surface area contributed by atoms with Gasteiger partial charge < -0.3 is 10.6 Å². The Morgan fingerprint density at radius 1 is 1.12 bits per heavy atom. The van der Waals surface area contributed by atoms with Crippen LogP contribution in [0, 0.1) is 32.1 Å². The average molecular weight is 347 g/mol. The van der Waals surface area contributed by atoms with Crippen molar-refractivity contribution in [3.05, 3.63) is 70.4 Å². The summed E-state index contributed by atoms with van der Waals surface area (Å²) in [7, 11) is 0. The predicted molar refractivity (Wildman–Crippen MR) is 107 cm³/mol. The maximum atomic E-state index is 12.5. The normalized spacial score (nSPS) is 11.2. The third kappa shape index (κ3) is 4.52. The molecule has 0 spiro atoms. The van der Waals surface area contributed by atoms with Crippen molar-refractivity contribution in [3.8, 4) is 6.07 Å². The molecular weight excluding hydrogens is 322 g/mol. The summed E-state index contributed by atoms with van der Waals surface area (Å²) in [6.07, 6.45) is 1.47. The van der Waals surface area contributed by atoms with Crippen molar-refractivity contribution in [1.82, 2.24) is 0 Å². The van der Waals surface area contributed by atoms with Gasteiger partial charge in [-0.2, -0.15) is 5.26 Å². The lowest BCUT2D eigenvalue weighted by Crippen LogP contribution is -2.16. The van der Waals surface area contributed by atoms with Crippen molar-refractivity contribution in [1.29, 1.82) is 5.26 Å². The fourth-order valence-corrected chi connectivity index (χ4v) is 2.99. The quantitative estimate of drug-likeness (QED) is 0.577. The first-order valence-electron chi connectivity index (χ1n) is 8.68. The summed E-state index contributed by atoms with van der Waals surface area (Å²) in [5.74, 6) is -0.0820. The van der Waals surface area contributed by atoms with Crippen molar-refractivity contribution in [2.24, 2.45) is 0 Å². The third-order valence-electron chi connectivity index (χ3n) is 4.24. The summed E-state index contributed by atoms with van der Waals surface area (Å²) in [6.45, 7) is 10.1. The van der Waals surface area contributed by atoms with Crippen LogP contribution in [0.15, 0.2) is 48.2 Å². The Bertz CT molecular complexity index is 865. The van der Waals surface area contributed by atoms with Gasteiger partial charge in [-0.1, -0.05) is 49.7 Å².